The summed E-state index contributed by atoms with van der Waals surface area (Å²) >= 11 is -3.71. The van der Waals surface area contributed by atoms with Crippen LogP contribution in [-0.2, 0) is 9.59 Å². The molecule has 0 N–H and O–H groups in total. The molecule has 0 atom stereocenters. The maximum absolute atomic E-state index is 13.4. The topological polar surface area (TPSA) is 86.7 Å². The van der Waals surface area contributed by atoms with Crippen molar-refractivity contribution in [2.45, 2.75) is 24.4 Å². The van der Waals surface area contributed by atoms with E-state index in [-0.39, 0.29) is 9.23 Å². The number of hydrogen-bond donors (Lipinski definition) is 0. The molecule has 2 aromatic rings. The fraction of sp³-hybridized carbons (Fsp3) is 0.167. The van der Waals surface area contributed by atoms with Crippen molar-refractivity contribution < 1.29 is 28.7 Å². The summed E-state index contributed by atoms with van der Waals surface area (Å²) in [6.45, 7) is 10.4. The van der Waals surface area contributed by atoms with E-state index in [1.807, 2.05) is 13.8 Å². The Kier molecular flexibility index (Phi) is 8.27. The van der Waals surface area contributed by atoms with Crippen LogP contribution in [0.1, 0.15) is 34.6 Å². The summed E-state index contributed by atoms with van der Waals surface area (Å²) in [6, 6.07) is 12.4. The second-order valence-corrected chi connectivity index (χ2v) is 16.2. The van der Waals surface area contributed by atoms with Crippen LogP contribution in [0.3, 0.4) is 0 Å². The van der Waals surface area contributed by atoms with Gasteiger partial charge in [-0.1, -0.05) is 0 Å². The standard InChI is InChI=1S/C24H24GeO6/c1-5-21(26)30-19-13-9-17(10-14-19)23(28)25(7-3,8-4)24(29)18-11-15-20(16-12-18)31-22(27)6-2/h5-6,9-16H,1-2,7-8H2,3-4H3. The average Bonchev–Trinajstić information content (AvgIpc) is 2.80. The average molecular weight is 481 g/mol. The quantitative estimate of drug-likeness (QED) is 0.215. The SMILES string of the molecule is C=CC(=O)Oc1ccc([C](=O)[Ge]([CH2]C)([CH2]C)[C](=O)c2ccc(OC(=O)C=C)cc2)cc1. The summed E-state index contributed by atoms with van der Waals surface area (Å²) < 4.78 is 9.82. The Morgan fingerprint density at radius 1 is 0.710 bits per heavy atom. The van der Waals surface area contributed by atoms with E-state index in [4.69, 9.17) is 9.47 Å². The van der Waals surface area contributed by atoms with Crippen LogP contribution in [-0.4, -0.2) is 34.4 Å². The zero-order chi connectivity index (χ0) is 23.0. The second kappa shape index (κ2) is 10.7. The van der Waals surface area contributed by atoms with Crippen LogP contribution in [0, 0.1) is 0 Å². The molecule has 2 rings (SSSR count). The third kappa shape index (κ3) is 5.46. The van der Waals surface area contributed by atoms with Crippen molar-refractivity contribution in [3.63, 3.8) is 0 Å². The molecule has 0 aliphatic rings. The number of benzene rings is 2. The van der Waals surface area contributed by atoms with Crippen LogP contribution in [0.4, 0.5) is 0 Å². The second-order valence-electron chi connectivity index (χ2n) is 6.75. The first-order chi connectivity index (χ1) is 14.8. The molecular formula is C24H24GeO6. The molecule has 0 amide bonds. The zero-order valence-electron chi connectivity index (χ0n) is 17.6. The van der Waals surface area contributed by atoms with Crippen molar-refractivity contribution in [3.8, 4) is 11.5 Å². The van der Waals surface area contributed by atoms with Crippen LogP contribution >= 0.6 is 0 Å². The number of esters is 2. The molecule has 0 aliphatic heterocycles. The van der Waals surface area contributed by atoms with Gasteiger partial charge in [0.25, 0.3) is 0 Å². The van der Waals surface area contributed by atoms with Crippen LogP contribution in [0.5, 0.6) is 11.5 Å². The summed E-state index contributed by atoms with van der Waals surface area (Å²) in [6.07, 6.45) is 2.10. The minimum absolute atomic E-state index is 0.126. The predicted molar refractivity (Wildman–Crippen MR) is 120 cm³/mol. The monoisotopic (exact) mass is 482 g/mol. The normalized spacial score (nSPS) is 10.6. The molecule has 6 nitrogen and oxygen atoms in total. The molecule has 0 heterocycles. The number of ether oxygens (including phenoxy) is 2. The van der Waals surface area contributed by atoms with E-state index in [2.05, 4.69) is 13.2 Å². The molecule has 0 saturated carbocycles. The molecule has 31 heavy (non-hydrogen) atoms. The van der Waals surface area contributed by atoms with Gasteiger partial charge in [-0.05, 0) is 0 Å². The van der Waals surface area contributed by atoms with Crippen molar-refractivity contribution in [2.75, 3.05) is 0 Å². The van der Waals surface area contributed by atoms with Gasteiger partial charge >= 0.3 is 184 Å². The van der Waals surface area contributed by atoms with Crippen molar-refractivity contribution in [3.05, 3.63) is 85.0 Å². The van der Waals surface area contributed by atoms with E-state index < -0.39 is 25.2 Å². The first-order valence-electron chi connectivity index (χ1n) is 9.79. The minimum atomic E-state index is -3.71. The molecule has 0 bridgehead atoms. The van der Waals surface area contributed by atoms with Crippen molar-refractivity contribution >= 4 is 34.4 Å². The predicted octanol–water partition coefficient (Wildman–Crippen LogP) is 4.50. The molecule has 0 spiro atoms. The Labute approximate surface area is 183 Å². The molecule has 0 fully saturated rings. The van der Waals surface area contributed by atoms with Gasteiger partial charge in [-0.3, -0.25) is 0 Å². The summed E-state index contributed by atoms with van der Waals surface area (Å²) in [7, 11) is 0. The Morgan fingerprint density at radius 2 is 1.03 bits per heavy atom. The Balaban J connectivity index is 2.31. The van der Waals surface area contributed by atoms with E-state index in [0.29, 0.717) is 33.1 Å². The molecule has 0 unspecified atom stereocenters. The van der Waals surface area contributed by atoms with Crippen LogP contribution in [0.2, 0.25) is 10.5 Å². The van der Waals surface area contributed by atoms with Gasteiger partial charge in [0.15, 0.2) is 0 Å². The molecule has 0 radical (unpaired) electrons. The third-order valence-electron chi connectivity index (χ3n) is 5.08. The molecule has 0 saturated heterocycles. The zero-order valence-corrected chi connectivity index (χ0v) is 19.6. The van der Waals surface area contributed by atoms with Gasteiger partial charge in [0.2, 0.25) is 0 Å². The summed E-state index contributed by atoms with van der Waals surface area (Å²) in [5, 5.41) is 0.989. The number of carbonyl (C=O) groups is 4. The van der Waals surface area contributed by atoms with E-state index in [9.17, 15) is 19.2 Å². The molecule has 0 aromatic heterocycles. The van der Waals surface area contributed by atoms with Crippen molar-refractivity contribution in [1.82, 2.24) is 0 Å². The third-order valence-corrected chi connectivity index (χ3v) is 15.0. The molecule has 160 valence electrons. The summed E-state index contributed by atoms with van der Waals surface area (Å²) in [4.78, 5) is 49.5. The maximum atomic E-state index is 13.4. The van der Waals surface area contributed by atoms with Gasteiger partial charge < -0.3 is 0 Å². The fourth-order valence-electron chi connectivity index (χ4n) is 3.21. The van der Waals surface area contributed by atoms with Crippen LogP contribution < -0.4 is 9.47 Å². The van der Waals surface area contributed by atoms with Crippen molar-refractivity contribution in [2.24, 2.45) is 0 Å². The number of hydrogen-bond acceptors (Lipinski definition) is 6. The summed E-state index contributed by atoms with van der Waals surface area (Å²) in [5.74, 6) is -0.594. The van der Waals surface area contributed by atoms with Gasteiger partial charge in [-0.15, -0.1) is 0 Å². The van der Waals surface area contributed by atoms with Gasteiger partial charge in [0, 0.05) is 0 Å². The van der Waals surface area contributed by atoms with Crippen LogP contribution in [0.25, 0.3) is 0 Å². The van der Waals surface area contributed by atoms with E-state index in [1.165, 1.54) is 24.3 Å². The van der Waals surface area contributed by atoms with Crippen LogP contribution in [0.15, 0.2) is 73.8 Å². The van der Waals surface area contributed by atoms with E-state index >= 15 is 0 Å². The Morgan fingerprint density at radius 3 is 1.29 bits per heavy atom. The summed E-state index contributed by atoms with van der Waals surface area (Å²) in [5.41, 5.74) is 0.846. The van der Waals surface area contributed by atoms with Gasteiger partial charge in [-0.25, -0.2) is 0 Å². The van der Waals surface area contributed by atoms with E-state index in [0.717, 1.165) is 12.2 Å². The molecule has 7 heteroatoms. The van der Waals surface area contributed by atoms with Gasteiger partial charge in [0.05, 0.1) is 0 Å². The molecule has 2 aromatic carbocycles. The van der Waals surface area contributed by atoms with Crippen molar-refractivity contribution in [1.29, 1.82) is 0 Å². The number of carbonyl (C=O) groups excluding carboxylic acids is 4. The molecular weight excluding hydrogens is 457 g/mol. The Bertz CT molecular complexity index is 922. The van der Waals surface area contributed by atoms with E-state index in [1.54, 1.807) is 24.3 Å². The number of rotatable bonds is 10. The fourth-order valence-corrected chi connectivity index (χ4v) is 10.4. The first kappa shape index (κ1) is 24.0. The molecule has 0 aliphatic carbocycles. The van der Waals surface area contributed by atoms with Gasteiger partial charge in [-0.2, -0.15) is 0 Å². The Hall–Kier alpha value is -3.26. The first-order valence-corrected chi connectivity index (χ1v) is 14.9. The van der Waals surface area contributed by atoms with Gasteiger partial charge in [0.1, 0.15) is 0 Å².